The first kappa shape index (κ1) is 17.2. The molecule has 7 nitrogen and oxygen atoms in total. The highest BCUT2D eigenvalue weighted by molar-refractivity contribution is 6.02. The molecule has 3 rings (SSSR count). The number of nitrogens with zero attached hydrogens (tertiary/aromatic N) is 2. The van der Waals surface area contributed by atoms with Crippen molar-refractivity contribution < 1.29 is 9.59 Å². The molecule has 7 heteroatoms. The molecule has 0 spiro atoms. The van der Waals surface area contributed by atoms with Crippen LogP contribution in [0, 0.1) is 0 Å². The molecular weight excluding hydrogens is 318 g/mol. The molecule has 0 aliphatic carbocycles. The Morgan fingerprint density at radius 2 is 2.12 bits per heavy atom. The molecule has 2 heterocycles. The van der Waals surface area contributed by atoms with Crippen molar-refractivity contribution in [1.29, 1.82) is 0 Å². The van der Waals surface area contributed by atoms with Crippen molar-refractivity contribution in [1.82, 2.24) is 20.2 Å². The van der Waals surface area contributed by atoms with Gasteiger partial charge in [0, 0.05) is 36.6 Å². The Balaban J connectivity index is 1.91. The first-order valence-corrected chi connectivity index (χ1v) is 8.43. The Morgan fingerprint density at radius 1 is 1.36 bits per heavy atom. The number of aromatic nitrogens is 2. The lowest BCUT2D eigenvalue weighted by molar-refractivity contribution is -0.125. The molecule has 0 bridgehead atoms. The molecule has 1 saturated heterocycles. The minimum Gasteiger partial charge on any atom is -0.352 e. The van der Waals surface area contributed by atoms with Gasteiger partial charge in [-0.2, -0.15) is 0 Å². The van der Waals surface area contributed by atoms with Crippen molar-refractivity contribution in [2.24, 2.45) is 5.73 Å². The second kappa shape index (κ2) is 7.06. The number of hydrogen-bond acceptors (Lipinski definition) is 4. The number of carbonyl (C=O) groups is 2. The van der Waals surface area contributed by atoms with Crippen LogP contribution in [0.5, 0.6) is 0 Å². The fourth-order valence-electron chi connectivity index (χ4n) is 3.17. The molecule has 2 atom stereocenters. The van der Waals surface area contributed by atoms with Gasteiger partial charge in [0.15, 0.2) is 0 Å². The first-order chi connectivity index (χ1) is 12.0. The third-order valence-electron chi connectivity index (χ3n) is 4.24. The fourth-order valence-corrected chi connectivity index (χ4v) is 3.17. The smallest absolute Gasteiger partial charge is 0.255 e. The minimum atomic E-state index is -0.547. The number of aromatic amines is 1. The number of hydrogen-bond donors (Lipinski definition) is 3. The number of amides is 2. The highest BCUT2D eigenvalue weighted by Crippen LogP contribution is 2.25. The zero-order chi connectivity index (χ0) is 18.0. The van der Waals surface area contributed by atoms with Crippen LogP contribution in [0.25, 0.3) is 11.4 Å². The van der Waals surface area contributed by atoms with Gasteiger partial charge in [-0.05, 0) is 26.3 Å². The summed E-state index contributed by atoms with van der Waals surface area (Å²) in [6.07, 6.45) is 3.82. The van der Waals surface area contributed by atoms with Gasteiger partial charge in [0.25, 0.3) is 5.91 Å². The van der Waals surface area contributed by atoms with Gasteiger partial charge in [-0.3, -0.25) is 9.59 Å². The van der Waals surface area contributed by atoms with Gasteiger partial charge in [0.1, 0.15) is 11.9 Å². The highest BCUT2D eigenvalue weighted by atomic mass is 16.2. The third-order valence-corrected chi connectivity index (χ3v) is 4.24. The van der Waals surface area contributed by atoms with Gasteiger partial charge in [-0.1, -0.05) is 18.2 Å². The average molecular weight is 341 g/mol. The molecule has 4 N–H and O–H groups in total. The summed E-state index contributed by atoms with van der Waals surface area (Å²) in [6, 6.07) is 6.51. The van der Waals surface area contributed by atoms with Crippen LogP contribution in [0.4, 0.5) is 0 Å². The van der Waals surface area contributed by atoms with Gasteiger partial charge in [0.05, 0.1) is 5.56 Å². The molecule has 0 saturated carbocycles. The van der Waals surface area contributed by atoms with Crippen LogP contribution >= 0.6 is 0 Å². The van der Waals surface area contributed by atoms with Crippen LogP contribution in [0.3, 0.4) is 0 Å². The monoisotopic (exact) mass is 341 g/mol. The number of rotatable bonds is 4. The molecule has 1 aliphatic heterocycles. The van der Waals surface area contributed by atoms with Gasteiger partial charge in [-0.25, -0.2) is 4.98 Å². The molecule has 1 fully saturated rings. The maximum atomic E-state index is 13.2. The van der Waals surface area contributed by atoms with E-state index in [1.165, 1.54) is 0 Å². The summed E-state index contributed by atoms with van der Waals surface area (Å²) in [7, 11) is 0. The Bertz CT molecular complexity index is 757. The van der Waals surface area contributed by atoms with E-state index in [0.717, 1.165) is 0 Å². The molecule has 132 valence electrons. The summed E-state index contributed by atoms with van der Waals surface area (Å²) in [5, 5.41) is 2.88. The van der Waals surface area contributed by atoms with E-state index in [-0.39, 0.29) is 23.9 Å². The zero-order valence-corrected chi connectivity index (χ0v) is 14.4. The third kappa shape index (κ3) is 3.56. The number of benzene rings is 1. The lowest BCUT2D eigenvalue weighted by atomic mass is 10.0. The van der Waals surface area contributed by atoms with Crippen molar-refractivity contribution in [2.45, 2.75) is 38.4 Å². The Morgan fingerprint density at radius 3 is 2.80 bits per heavy atom. The normalized spacial score (nSPS) is 20.1. The summed E-state index contributed by atoms with van der Waals surface area (Å²) < 4.78 is 0. The van der Waals surface area contributed by atoms with E-state index >= 15 is 0 Å². The molecule has 1 aromatic carbocycles. The van der Waals surface area contributed by atoms with E-state index in [0.29, 0.717) is 29.9 Å². The summed E-state index contributed by atoms with van der Waals surface area (Å²) in [5.41, 5.74) is 7.26. The zero-order valence-electron chi connectivity index (χ0n) is 14.4. The van der Waals surface area contributed by atoms with Crippen LogP contribution in [-0.2, 0) is 4.79 Å². The summed E-state index contributed by atoms with van der Waals surface area (Å²) in [6.45, 7) is 4.15. The van der Waals surface area contributed by atoms with E-state index in [1.807, 2.05) is 26.0 Å². The topological polar surface area (TPSA) is 104 Å². The average Bonchev–Trinajstić information content (AvgIpc) is 3.23. The molecule has 0 radical (unpaired) electrons. The van der Waals surface area contributed by atoms with Crippen molar-refractivity contribution in [2.75, 3.05) is 6.54 Å². The SMILES string of the molecule is CC(C)NC(=O)[C@@H]1C[C@@H](N)CN1C(=O)c1ccccc1-c1ncc[nH]1. The van der Waals surface area contributed by atoms with Crippen molar-refractivity contribution in [3.8, 4) is 11.4 Å². The fraction of sp³-hybridized carbons (Fsp3) is 0.389. The lowest BCUT2D eigenvalue weighted by Gasteiger charge is -2.25. The Hall–Kier alpha value is -2.67. The molecule has 0 unspecified atom stereocenters. The number of H-pyrrole nitrogens is 1. The maximum absolute atomic E-state index is 13.2. The molecular formula is C18H23N5O2. The quantitative estimate of drug-likeness (QED) is 0.776. The largest absolute Gasteiger partial charge is 0.352 e. The number of nitrogens with two attached hydrogens (primary N) is 1. The van der Waals surface area contributed by atoms with Gasteiger partial charge in [0.2, 0.25) is 5.91 Å². The number of carbonyl (C=O) groups excluding carboxylic acids is 2. The Labute approximate surface area is 146 Å². The molecule has 1 aromatic heterocycles. The molecule has 2 amide bonds. The predicted octanol–water partition coefficient (Wildman–Crippen LogP) is 1.14. The van der Waals surface area contributed by atoms with Gasteiger partial charge in [-0.15, -0.1) is 0 Å². The van der Waals surface area contributed by atoms with Crippen molar-refractivity contribution >= 4 is 11.8 Å². The minimum absolute atomic E-state index is 0.0108. The van der Waals surface area contributed by atoms with E-state index in [1.54, 1.807) is 29.4 Å². The Kier molecular flexibility index (Phi) is 4.85. The molecule has 2 aromatic rings. The van der Waals surface area contributed by atoms with Crippen molar-refractivity contribution in [3.63, 3.8) is 0 Å². The van der Waals surface area contributed by atoms with Crippen LogP contribution in [0.2, 0.25) is 0 Å². The van der Waals surface area contributed by atoms with E-state index < -0.39 is 6.04 Å². The van der Waals surface area contributed by atoms with Crippen LogP contribution < -0.4 is 11.1 Å². The molecule has 25 heavy (non-hydrogen) atoms. The second-order valence-corrected chi connectivity index (χ2v) is 6.62. The van der Waals surface area contributed by atoms with Gasteiger partial charge >= 0.3 is 0 Å². The van der Waals surface area contributed by atoms with Crippen molar-refractivity contribution in [3.05, 3.63) is 42.2 Å². The summed E-state index contributed by atoms with van der Waals surface area (Å²) >= 11 is 0. The summed E-state index contributed by atoms with van der Waals surface area (Å²) in [5.74, 6) is 0.256. The standard InChI is InChI=1S/C18H23N5O2/c1-11(2)22-17(24)15-9-12(19)10-23(15)18(25)14-6-4-3-5-13(14)16-20-7-8-21-16/h3-8,11-12,15H,9-10,19H2,1-2H3,(H,20,21)(H,22,24)/t12-,15+/m1/s1. The predicted molar refractivity (Wildman–Crippen MR) is 94.7 cm³/mol. The van der Waals surface area contributed by atoms with Crippen LogP contribution in [0.15, 0.2) is 36.7 Å². The summed E-state index contributed by atoms with van der Waals surface area (Å²) in [4.78, 5) is 34.5. The van der Waals surface area contributed by atoms with Gasteiger partial charge < -0.3 is 20.9 Å². The highest BCUT2D eigenvalue weighted by Gasteiger charge is 2.39. The van der Waals surface area contributed by atoms with E-state index in [4.69, 9.17) is 5.73 Å². The number of imidazole rings is 1. The number of likely N-dealkylation sites (tertiary alicyclic amines) is 1. The van der Waals surface area contributed by atoms with E-state index in [2.05, 4.69) is 15.3 Å². The van der Waals surface area contributed by atoms with Crippen LogP contribution in [-0.4, -0.2) is 51.4 Å². The molecule has 1 aliphatic rings. The van der Waals surface area contributed by atoms with Crippen LogP contribution in [0.1, 0.15) is 30.6 Å². The number of nitrogens with one attached hydrogen (secondary N) is 2. The first-order valence-electron chi connectivity index (χ1n) is 8.43. The lowest BCUT2D eigenvalue weighted by Crippen LogP contribution is -2.47. The second-order valence-electron chi connectivity index (χ2n) is 6.62. The van der Waals surface area contributed by atoms with E-state index in [9.17, 15) is 9.59 Å². The maximum Gasteiger partial charge on any atom is 0.255 e.